The largest absolute Gasteiger partial charge is 0.454 e. The van der Waals surface area contributed by atoms with Gasteiger partial charge in [0.2, 0.25) is 0 Å². The molecule has 8 heteroatoms. The molecule has 224 valence electrons. The number of benzene rings is 3. The summed E-state index contributed by atoms with van der Waals surface area (Å²) < 4.78 is 31.4. The maximum atomic E-state index is 12.0. The SMILES string of the molecule is C=CCO[C@@H]1[C@H](OC(C)=O)[C@@H](O)O[C@H](CO[Si](c2ccccc2)(c2ccccc2)C(C)(C)C)[C@H]1OCc1ccccc1. The van der Waals surface area contributed by atoms with E-state index in [1.807, 2.05) is 66.7 Å². The van der Waals surface area contributed by atoms with E-state index in [4.69, 9.17) is 23.4 Å². The molecule has 3 aromatic carbocycles. The quantitative estimate of drug-likeness (QED) is 0.191. The molecule has 1 heterocycles. The summed E-state index contributed by atoms with van der Waals surface area (Å²) in [6.07, 6.45) is -3.20. The van der Waals surface area contributed by atoms with E-state index in [9.17, 15) is 9.90 Å². The van der Waals surface area contributed by atoms with E-state index < -0.39 is 45.0 Å². The summed E-state index contributed by atoms with van der Waals surface area (Å²) in [6, 6.07) is 30.4. The van der Waals surface area contributed by atoms with E-state index in [2.05, 4.69) is 51.6 Å². The summed E-state index contributed by atoms with van der Waals surface area (Å²) in [7, 11) is -2.92. The Labute approximate surface area is 250 Å². The molecule has 4 rings (SSSR count). The number of rotatable bonds is 12. The Hall–Kier alpha value is -3.11. The van der Waals surface area contributed by atoms with Crippen molar-refractivity contribution < 1.29 is 33.3 Å². The van der Waals surface area contributed by atoms with Crippen molar-refractivity contribution in [3.05, 3.63) is 109 Å². The van der Waals surface area contributed by atoms with Gasteiger partial charge in [0.1, 0.15) is 18.3 Å². The smallest absolute Gasteiger partial charge is 0.303 e. The van der Waals surface area contributed by atoms with Crippen molar-refractivity contribution in [1.29, 1.82) is 0 Å². The van der Waals surface area contributed by atoms with Crippen LogP contribution in [0.1, 0.15) is 33.3 Å². The van der Waals surface area contributed by atoms with Crippen LogP contribution < -0.4 is 10.4 Å². The molecule has 1 N–H and O–H groups in total. The molecule has 0 saturated carbocycles. The zero-order valence-electron chi connectivity index (χ0n) is 24.8. The monoisotopic (exact) mass is 590 g/mol. The van der Waals surface area contributed by atoms with Gasteiger partial charge < -0.3 is 28.5 Å². The van der Waals surface area contributed by atoms with Crippen LogP contribution in [0.4, 0.5) is 0 Å². The maximum Gasteiger partial charge on any atom is 0.303 e. The van der Waals surface area contributed by atoms with Crippen molar-refractivity contribution >= 4 is 24.7 Å². The Morgan fingerprint density at radius 1 is 0.881 bits per heavy atom. The minimum atomic E-state index is -2.92. The van der Waals surface area contributed by atoms with Crippen LogP contribution in [0.3, 0.4) is 0 Å². The van der Waals surface area contributed by atoms with Crippen LogP contribution in [0.2, 0.25) is 5.04 Å². The number of ether oxygens (including phenoxy) is 4. The molecular weight excluding hydrogens is 548 g/mol. The normalized spacial score (nSPS) is 22.8. The molecule has 0 aliphatic carbocycles. The van der Waals surface area contributed by atoms with Crippen molar-refractivity contribution in [2.24, 2.45) is 0 Å². The van der Waals surface area contributed by atoms with E-state index in [0.29, 0.717) is 0 Å². The highest BCUT2D eigenvalue weighted by atomic mass is 28.4. The summed E-state index contributed by atoms with van der Waals surface area (Å²) in [5, 5.41) is 13.1. The number of carbonyl (C=O) groups excluding carboxylic acids is 1. The molecule has 1 aliphatic heterocycles. The first kappa shape index (κ1) is 31.8. The van der Waals surface area contributed by atoms with Crippen LogP contribution in [-0.4, -0.2) is 63.3 Å². The Bertz CT molecular complexity index is 1220. The Morgan fingerprint density at radius 3 is 1.93 bits per heavy atom. The molecule has 0 radical (unpaired) electrons. The van der Waals surface area contributed by atoms with Gasteiger partial charge in [0.05, 0.1) is 19.8 Å². The fourth-order valence-corrected chi connectivity index (χ4v) is 10.2. The minimum Gasteiger partial charge on any atom is -0.454 e. The van der Waals surface area contributed by atoms with E-state index in [1.54, 1.807) is 6.08 Å². The van der Waals surface area contributed by atoms with Crippen molar-refractivity contribution in [3.63, 3.8) is 0 Å². The van der Waals surface area contributed by atoms with Gasteiger partial charge in [0.25, 0.3) is 8.32 Å². The van der Waals surface area contributed by atoms with E-state index in [1.165, 1.54) is 6.92 Å². The van der Waals surface area contributed by atoms with Crippen LogP contribution in [0, 0.1) is 0 Å². The predicted octanol–water partition coefficient (Wildman–Crippen LogP) is 4.37. The second kappa shape index (κ2) is 14.4. The van der Waals surface area contributed by atoms with Gasteiger partial charge in [0.15, 0.2) is 12.4 Å². The van der Waals surface area contributed by atoms with Crippen LogP contribution in [0.25, 0.3) is 0 Å². The Kier molecular flexibility index (Phi) is 10.9. The number of hydrogen-bond donors (Lipinski definition) is 1. The lowest BCUT2D eigenvalue weighted by molar-refractivity contribution is -0.304. The highest BCUT2D eigenvalue weighted by molar-refractivity contribution is 6.99. The molecular formula is C34H42O7Si. The third kappa shape index (κ3) is 7.26. The molecule has 0 aromatic heterocycles. The molecule has 7 nitrogen and oxygen atoms in total. The van der Waals surface area contributed by atoms with Gasteiger partial charge in [-0.15, -0.1) is 6.58 Å². The topological polar surface area (TPSA) is 83.5 Å². The molecule has 3 aromatic rings. The average molecular weight is 591 g/mol. The van der Waals surface area contributed by atoms with Gasteiger partial charge >= 0.3 is 5.97 Å². The number of aliphatic hydroxyl groups excluding tert-OH is 1. The summed E-state index contributed by atoms with van der Waals surface area (Å²) in [4.78, 5) is 12.0. The van der Waals surface area contributed by atoms with Crippen molar-refractivity contribution in [3.8, 4) is 0 Å². The second-order valence-electron chi connectivity index (χ2n) is 11.5. The molecule has 0 unspecified atom stereocenters. The molecule has 1 aliphatic rings. The molecule has 0 bridgehead atoms. The maximum absolute atomic E-state index is 12.0. The fraction of sp³-hybridized carbons (Fsp3) is 0.382. The molecule has 0 spiro atoms. The predicted molar refractivity (Wildman–Crippen MR) is 165 cm³/mol. The summed E-state index contributed by atoms with van der Waals surface area (Å²) in [5.74, 6) is -0.557. The second-order valence-corrected chi connectivity index (χ2v) is 15.8. The van der Waals surface area contributed by atoms with E-state index in [0.717, 1.165) is 15.9 Å². The lowest BCUT2D eigenvalue weighted by Gasteiger charge is -2.47. The van der Waals surface area contributed by atoms with Gasteiger partial charge in [-0.05, 0) is 21.0 Å². The van der Waals surface area contributed by atoms with Gasteiger partial charge in [-0.3, -0.25) is 4.79 Å². The van der Waals surface area contributed by atoms with Crippen LogP contribution in [0.15, 0.2) is 104 Å². The molecule has 5 atom stereocenters. The molecule has 0 amide bonds. The van der Waals surface area contributed by atoms with Crippen LogP contribution in [-0.2, 0) is 34.8 Å². The summed E-state index contributed by atoms with van der Waals surface area (Å²) in [5.41, 5.74) is 0.960. The summed E-state index contributed by atoms with van der Waals surface area (Å²) in [6.45, 7) is 12.2. The first-order chi connectivity index (χ1) is 20.2. The van der Waals surface area contributed by atoms with Gasteiger partial charge in [-0.1, -0.05) is 118 Å². The summed E-state index contributed by atoms with van der Waals surface area (Å²) >= 11 is 0. The Morgan fingerprint density at radius 2 is 1.43 bits per heavy atom. The third-order valence-electron chi connectivity index (χ3n) is 7.48. The first-order valence-electron chi connectivity index (χ1n) is 14.3. The first-order valence-corrected chi connectivity index (χ1v) is 16.2. The van der Waals surface area contributed by atoms with Crippen LogP contribution in [0.5, 0.6) is 0 Å². The number of esters is 1. The van der Waals surface area contributed by atoms with E-state index >= 15 is 0 Å². The lowest BCUT2D eigenvalue weighted by atomic mass is 9.98. The number of carbonyl (C=O) groups is 1. The van der Waals surface area contributed by atoms with Gasteiger partial charge in [-0.25, -0.2) is 0 Å². The van der Waals surface area contributed by atoms with Crippen molar-refractivity contribution in [2.45, 2.75) is 70.0 Å². The zero-order valence-corrected chi connectivity index (χ0v) is 25.8. The third-order valence-corrected chi connectivity index (χ3v) is 12.5. The molecule has 42 heavy (non-hydrogen) atoms. The highest BCUT2D eigenvalue weighted by Gasteiger charge is 2.53. The zero-order chi connectivity index (χ0) is 30.2. The standard InChI is InChI=1S/C34H42O7Si/c1-6-22-37-31-30(38-23-26-16-10-7-11-17-26)29(41-33(36)32(31)40-25(2)35)24-39-42(34(3,4)5,27-18-12-8-13-19-27)28-20-14-9-15-21-28/h6-21,29-33,36H,1,22-24H2,2-5H3/t29-,30-,31+,32+,33+/m1/s1. The highest BCUT2D eigenvalue weighted by Crippen LogP contribution is 2.38. The minimum absolute atomic E-state index is 0.116. The van der Waals surface area contributed by atoms with E-state index in [-0.39, 0.29) is 24.9 Å². The van der Waals surface area contributed by atoms with Crippen molar-refractivity contribution in [1.82, 2.24) is 0 Å². The number of hydrogen-bond acceptors (Lipinski definition) is 7. The van der Waals surface area contributed by atoms with Gasteiger partial charge in [0, 0.05) is 6.92 Å². The molecule has 1 saturated heterocycles. The molecule has 1 fully saturated rings. The fourth-order valence-electron chi connectivity index (χ4n) is 5.65. The lowest BCUT2D eigenvalue weighted by Crippen LogP contribution is -2.68. The Balaban J connectivity index is 1.73. The van der Waals surface area contributed by atoms with Crippen molar-refractivity contribution in [2.75, 3.05) is 13.2 Å². The average Bonchev–Trinajstić information content (AvgIpc) is 2.98. The van der Waals surface area contributed by atoms with Gasteiger partial charge in [-0.2, -0.15) is 0 Å². The van der Waals surface area contributed by atoms with Crippen LogP contribution >= 0.6 is 0 Å². The number of aliphatic hydroxyl groups is 1.